The third-order valence-electron chi connectivity index (χ3n) is 3.45. The molecule has 0 radical (unpaired) electrons. The number of carbonyl (C=O) groups is 1. The monoisotopic (exact) mass is 301 g/mol. The van der Waals surface area contributed by atoms with E-state index in [0.29, 0.717) is 23.9 Å². The molecule has 2 heterocycles. The maximum atomic E-state index is 12.1. The molecule has 2 aromatic rings. The van der Waals surface area contributed by atoms with Gasteiger partial charge in [-0.15, -0.1) is 0 Å². The molecule has 1 amide bonds. The quantitative estimate of drug-likeness (QED) is 0.940. The highest BCUT2D eigenvalue weighted by Crippen LogP contribution is 2.35. The molecule has 1 aliphatic rings. The number of amides is 1. The molecule has 1 N–H and O–H groups in total. The minimum Gasteiger partial charge on any atom is -0.454 e. The molecule has 3 rings (SSSR count). The number of aromatic nitrogens is 2. The fourth-order valence-corrected chi connectivity index (χ4v) is 2.29. The van der Waals surface area contributed by atoms with Crippen LogP contribution in [0, 0.1) is 5.92 Å². The van der Waals surface area contributed by atoms with Gasteiger partial charge in [0, 0.05) is 19.2 Å². The fraction of sp³-hybridized carbons (Fsp3) is 0.375. The van der Waals surface area contributed by atoms with E-state index in [4.69, 9.17) is 9.47 Å². The van der Waals surface area contributed by atoms with E-state index < -0.39 is 0 Å². The van der Waals surface area contributed by atoms with Gasteiger partial charge in [-0.1, -0.05) is 13.8 Å². The Labute approximate surface area is 129 Å². The van der Waals surface area contributed by atoms with Crippen molar-refractivity contribution in [2.75, 3.05) is 13.3 Å². The lowest BCUT2D eigenvalue weighted by Gasteiger charge is -2.04. The maximum absolute atomic E-state index is 12.1. The molecule has 6 nitrogen and oxygen atoms in total. The summed E-state index contributed by atoms with van der Waals surface area (Å²) in [7, 11) is 1.82. The van der Waals surface area contributed by atoms with Gasteiger partial charge in [-0.3, -0.25) is 9.48 Å². The van der Waals surface area contributed by atoms with Crippen LogP contribution in [-0.2, 0) is 7.05 Å². The van der Waals surface area contributed by atoms with E-state index in [1.54, 1.807) is 10.7 Å². The van der Waals surface area contributed by atoms with E-state index in [1.807, 2.05) is 25.2 Å². The van der Waals surface area contributed by atoms with Crippen molar-refractivity contribution in [1.82, 2.24) is 15.1 Å². The van der Waals surface area contributed by atoms with Gasteiger partial charge in [0.05, 0.1) is 5.69 Å². The van der Waals surface area contributed by atoms with Gasteiger partial charge in [0.1, 0.15) is 0 Å². The predicted molar refractivity (Wildman–Crippen MR) is 81.9 cm³/mol. The highest BCUT2D eigenvalue weighted by Gasteiger charge is 2.18. The minimum absolute atomic E-state index is 0.156. The highest BCUT2D eigenvalue weighted by molar-refractivity contribution is 5.93. The molecule has 0 saturated heterocycles. The van der Waals surface area contributed by atoms with E-state index in [-0.39, 0.29) is 12.7 Å². The number of hydrogen-bond donors (Lipinski definition) is 1. The normalized spacial score (nSPS) is 12.7. The van der Waals surface area contributed by atoms with Crippen LogP contribution in [0.15, 0.2) is 24.3 Å². The van der Waals surface area contributed by atoms with Crippen molar-refractivity contribution in [3.8, 4) is 22.8 Å². The molecule has 0 bridgehead atoms. The Kier molecular flexibility index (Phi) is 3.75. The average molecular weight is 301 g/mol. The topological polar surface area (TPSA) is 65.4 Å². The number of ether oxygens (including phenoxy) is 2. The van der Waals surface area contributed by atoms with Crippen molar-refractivity contribution in [2.24, 2.45) is 13.0 Å². The van der Waals surface area contributed by atoms with Crippen LogP contribution in [0.4, 0.5) is 0 Å². The summed E-state index contributed by atoms with van der Waals surface area (Å²) in [4.78, 5) is 12.1. The summed E-state index contributed by atoms with van der Waals surface area (Å²) in [5.74, 6) is 1.70. The minimum atomic E-state index is -0.156. The van der Waals surface area contributed by atoms with Crippen LogP contribution in [0.3, 0.4) is 0 Å². The van der Waals surface area contributed by atoms with Gasteiger partial charge >= 0.3 is 0 Å². The van der Waals surface area contributed by atoms with Crippen LogP contribution >= 0.6 is 0 Å². The summed E-state index contributed by atoms with van der Waals surface area (Å²) in [6, 6.07) is 7.48. The summed E-state index contributed by atoms with van der Waals surface area (Å²) in [5.41, 5.74) is 2.20. The van der Waals surface area contributed by atoms with E-state index in [1.165, 1.54) is 0 Å². The first-order valence-corrected chi connectivity index (χ1v) is 7.27. The second kappa shape index (κ2) is 5.71. The van der Waals surface area contributed by atoms with Crippen molar-refractivity contribution in [3.63, 3.8) is 0 Å². The van der Waals surface area contributed by atoms with Crippen LogP contribution in [0.1, 0.15) is 24.3 Å². The highest BCUT2D eigenvalue weighted by atomic mass is 16.7. The third-order valence-corrected chi connectivity index (χ3v) is 3.45. The number of nitrogens with one attached hydrogen (secondary N) is 1. The average Bonchev–Trinajstić information content (AvgIpc) is 3.10. The smallest absolute Gasteiger partial charge is 0.271 e. The predicted octanol–water partition coefficient (Wildman–Crippen LogP) is 2.20. The van der Waals surface area contributed by atoms with E-state index in [9.17, 15) is 4.79 Å². The summed E-state index contributed by atoms with van der Waals surface area (Å²) < 4.78 is 12.4. The van der Waals surface area contributed by atoms with E-state index >= 15 is 0 Å². The molecule has 0 saturated carbocycles. The lowest BCUT2D eigenvalue weighted by Crippen LogP contribution is -2.27. The molecule has 1 aromatic carbocycles. The number of rotatable bonds is 4. The number of aryl methyl sites for hydroxylation is 1. The fourth-order valence-electron chi connectivity index (χ4n) is 2.29. The van der Waals surface area contributed by atoms with Gasteiger partial charge in [-0.2, -0.15) is 5.10 Å². The van der Waals surface area contributed by atoms with Crippen LogP contribution < -0.4 is 14.8 Å². The Bertz CT molecular complexity index is 707. The lowest BCUT2D eigenvalue weighted by molar-refractivity contribution is 0.0943. The molecule has 0 aliphatic carbocycles. The zero-order valence-corrected chi connectivity index (χ0v) is 12.9. The van der Waals surface area contributed by atoms with Crippen molar-refractivity contribution < 1.29 is 14.3 Å². The molecule has 116 valence electrons. The first kappa shape index (κ1) is 14.4. The third kappa shape index (κ3) is 2.77. The van der Waals surface area contributed by atoms with E-state index in [0.717, 1.165) is 17.0 Å². The van der Waals surface area contributed by atoms with Crippen LogP contribution in [0.5, 0.6) is 11.5 Å². The van der Waals surface area contributed by atoms with Crippen molar-refractivity contribution in [3.05, 3.63) is 30.0 Å². The van der Waals surface area contributed by atoms with Gasteiger partial charge in [0.15, 0.2) is 17.2 Å². The molecule has 1 aromatic heterocycles. The summed E-state index contributed by atoms with van der Waals surface area (Å²) in [6.07, 6.45) is 0. The number of benzene rings is 1. The first-order chi connectivity index (χ1) is 10.5. The molecule has 1 aliphatic heterocycles. The van der Waals surface area contributed by atoms with Gasteiger partial charge in [0.25, 0.3) is 5.91 Å². The molecular weight excluding hydrogens is 282 g/mol. The second-order valence-corrected chi connectivity index (χ2v) is 5.71. The second-order valence-electron chi connectivity index (χ2n) is 5.71. The number of carbonyl (C=O) groups excluding carboxylic acids is 1. The molecule has 0 spiro atoms. The summed E-state index contributed by atoms with van der Waals surface area (Å²) in [5, 5.41) is 7.16. The first-order valence-electron chi connectivity index (χ1n) is 7.27. The Morgan fingerprint density at radius 2 is 2.09 bits per heavy atom. The van der Waals surface area contributed by atoms with E-state index in [2.05, 4.69) is 24.3 Å². The molecule has 0 fully saturated rings. The van der Waals surface area contributed by atoms with Crippen molar-refractivity contribution in [2.45, 2.75) is 13.8 Å². The standard InChI is InChI=1S/C16H19N3O3/c1-10(2)8-17-16(20)12-7-13(19(3)18-12)11-4-5-14-15(6-11)22-9-21-14/h4-7,10H,8-9H2,1-3H3,(H,17,20). The van der Waals surface area contributed by atoms with Crippen molar-refractivity contribution in [1.29, 1.82) is 0 Å². The SMILES string of the molecule is CC(C)CNC(=O)c1cc(-c2ccc3c(c2)OCO3)n(C)n1. The zero-order chi connectivity index (χ0) is 15.7. The Balaban J connectivity index is 1.84. The largest absolute Gasteiger partial charge is 0.454 e. The number of hydrogen-bond acceptors (Lipinski definition) is 4. The zero-order valence-electron chi connectivity index (χ0n) is 12.9. The Morgan fingerprint density at radius 3 is 2.86 bits per heavy atom. The van der Waals surface area contributed by atoms with Gasteiger partial charge in [0.2, 0.25) is 6.79 Å². The molecule has 0 unspecified atom stereocenters. The Morgan fingerprint density at radius 1 is 1.32 bits per heavy atom. The van der Waals surface area contributed by atoms with Crippen LogP contribution in [0.2, 0.25) is 0 Å². The number of fused-ring (bicyclic) bond motifs is 1. The lowest BCUT2D eigenvalue weighted by atomic mass is 10.1. The van der Waals surface area contributed by atoms with Gasteiger partial charge in [-0.25, -0.2) is 0 Å². The summed E-state index contributed by atoms with van der Waals surface area (Å²) >= 11 is 0. The van der Waals surface area contributed by atoms with Crippen molar-refractivity contribution >= 4 is 5.91 Å². The maximum Gasteiger partial charge on any atom is 0.271 e. The molecule has 22 heavy (non-hydrogen) atoms. The van der Waals surface area contributed by atoms with Gasteiger partial charge < -0.3 is 14.8 Å². The molecule has 6 heteroatoms. The Hall–Kier alpha value is -2.50. The van der Waals surface area contributed by atoms with Crippen LogP contribution in [0.25, 0.3) is 11.3 Å². The summed E-state index contributed by atoms with van der Waals surface area (Å²) in [6.45, 7) is 4.98. The molecular formula is C16H19N3O3. The number of nitrogens with zero attached hydrogens (tertiary/aromatic N) is 2. The molecule has 0 atom stereocenters. The van der Waals surface area contributed by atoms with Gasteiger partial charge in [-0.05, 0) is 30.2 Å². The van der Waals surface area contributed by atoms with Crippen LogP contribution in [-0.4, -0.2) is 29.0 Å².